The molecule has 0 aliphatic carbocycles. The van der Waals surface area contributed by atoms with Gasteiger partial charge in [-0.3, -0.25) is 13.7 Å². The van der Waals surface area contributed by atoms with Crippen molar-refractivity contribution in [2.24, 2.45) is 0 Å². The fraction of sp³-hybridized carbons (Fsp3) is 0. The molecule has 33 heteroatoms. The van der Waals surface area contributed by atoms with Crippen molar-refractivity contribution in [3.8, 4) is 0 Å². The molecule has 0 saturated heterocycles. The van der Waals surface area contributed by atoms with E-state index in [2.05, 4.69) is 0 Å². The van der Waals surface area contributed by atoms with Gasteiger partial charge in [0, 0.05) is 0 Å². The molecule has 0 amide bonds. The third kappa shape index (κ3) is 111. The standard InChI is InChI=1S/3CH3O5P.3Na.12H2O/c3*2-1(3)7(4,5)6;;;;;;;;;;;;;;;/h3*(H,2,3)(H2,4,5,6);;;;12*1H2/q;;;3*+1;;;;;;;;;;;;/p-3. The van der Waals surface area contributed by atoms with Gasteiger partial charge >= 0.3 is 111 Å². The average molecular weight is 660 g/mol. The Kier molecular flexibility index (Phi) is 207. The molecule has 0 unspecified atom stereocenters. The second kappa shape index (κ2) is 56.5. The quantitative estimate of drug-likeness (QED) is 0.121. The molecule has 0 aliphatic heterocycles. The van der Waals surface area contributed by atoms with E-state index in [0.717, 1.165) is 0 Å². The first-order valence-corrected chi connectivity index (χ1v) is 8.48. The minimum absolute atomic E-state index is 0. The third-order valence-electron chi connectivity index (χ3n) is 0.714. The maximum atomic E-state index is 9.36. The van der Waals surface area contributed by atoms with Crippen LogP contribution < -0.4 is 104 Å². The van der Waals surface area contributed by atoms with Crippen LogP contribution in [0.3, 0.4) is 0 Å². The van der Waals surface area contributed by atoms with Crippen LogP contribution in [0.15, 0.2) is 0 Å². The third-order valence-corrected chi connectivity index (χ3v) is 2.14. The van der Waals surface area contributed by atoms with Gasteiger partial charge in [0.1, 0.15) is 0 Å². The van der Waals surface area contributed by atoms with Gasteiger partial charge < -0.3 is 125 Å². The SMILES string of the molecule is O.O.O.O.O.O.O.O.O.O.O.O.O=C([O-])P(=O)(O)O.O=C([O-])P(=O)(O)O.O=C([O-])P(=O)(O)O.[Na+].[Na+].[Na+]. The first kappa shape index (κ1) is 132. The van der Waals surface area contributed by atoms with E-state index in [4.69, 9.17) is 59.1 Å². The maximum Gasteiger partial charge on any atom is 1.00 e. The molecule has 0 aromatic heterocycles. The number of carbonyl (C=O) groups is 3. The molecule has 0 aliphatic rings. The zero-order valence-corrected chi connectivity index (χ0v) is 26.9. The Balaban J connectivity index is -0.00000000698. The Labute approximate surface area is 265 Å². The molecule has 0 fully saturated rings. The fourth-order valence-electron chi connectivity index (χ4n) is 0. The summed E-state index contributed by atoms with van der Waals surface area (Å²) >= 11 is 0. The van der Waals surface area contributed by atoms with Gasteiger partial charge in [-0.15, -0.1) is 0 Å². The Morgan fingerprint density at radius 2 is 0.389 bits per heavy atom. The molecule has 0 rings (SSSR count). The van der Waals surface area contributed by atoms with Crippen LogP contribution in [-0.4, -0.2) is 112 Å². The number of carbonyl (C=O) groups excluding carboxylic acids is 3. The topological polar surface area (TPSA) is 671 Å². The molecule has 0 bridgehead atoms. The fourth-order valence-corrected chi connectivity index (χ4v) is 0. The van der Waals surface area contributed by atoms with E-state index >= 15 is 0 Å². The summed E-state index contributed by atoms with van der Waals surface area (Å²) in [6, 6.07) is 0. The molecule has 0 saturated carbocycles. The van der Waals surface area contributed by atoms with Crippen LogP contribution in [0.25, 0.3) is 0 Å². The molecule has 30 N–H and O–H groups in total. The van der Waals surface area contributed by atoms with Crippen molar-refractivity contribution in [1.29, 1.82) is 0 Å². The molecule has 0 radical (unpaired) electrons. The van der Waals surface area contributed by atoms with Gasteiger partial charge in [0.05, 0.1) is 0 Å². The summed E-state index contributed by atoms with van der Waals surface area (Å²) in [5.41, 5.74) is -7.02. The minimum atomic E-state index is -4.93. The van der Waals surface area contributed by atoms with Crippen LogP contribution in [-0.2, 0) is 13.7 Å². The summed E-state index contributed by atoms with van der Waals surface area (Å²) in [4.78, 5) is 72.7. The van der Waals surface area contributed by atoms with E-state index in [0.29, 0.717) is 0 Å². The molecule has 0 aromatic rings. The largest absolute Gasteiger partial charge is 1.00 e. The molecule has 222 valence electrons. The summed E-state index contributed by atoms with van der Waals surface area (Å²) in [5, 5.41) is 27.4. The zero-order chi connectivity index (χ0) is 18.2. The first-order valence-electron chi connectivity index (χ1n) is 3.64. The van der Waals surface area contributed by atoms with Crippen molar-refractivity contribution in [2.75, 3.05) is 0 Å². The molecular formula is C3H30Na3O27P3. The monoisotopic (exact) mass is 660 g/mol. The van der Waals surface area contributed by atoms with Crippen LogP contribution in [0.5, 0.6) is 0 Å². The van der Waals surface area contributed by atoms with Crippen LogP contribution in [0, 0.1) is 0 Å². The van der Waals surface area contributed by atoms with Gasteiger partial charge in [0.2, 0.25) is 0 Å². The van der Waals surface area contributed by atoms with Crippen molar-refractivity contribution in [3.63, 3.8) is 0 Å². The van der Waals surface area contributed by atoms with Gasteiger partial charge in [-0.25, -0.2) is 0 Å². The molecule has 27 nitrogen and oxygen atoms in total. The summed E-state index contributed by atoms with van der Waals surface area (Å²) in [6.45, 7) is 0. The Hall–Kier alpha value is 1.38. The van der Waals surface area contributed by atoms with Crippen molar-refractivity contribution in [3.05, 3.63) is 0 Å². The van der Waals surface area contributed by atoms with Crippen LogP contribution in [0.2, 0.25) is 0 Å². The maximum absolute atomic E-state index is 9.36. The number of rotatable bonds is 3. The van der Waals surface area contributed by atoms with Crippen molar-refractivity contribution < 1.29 is 227 Å². The molecular weight excluding hydrogens is 630 g/mol. The smallest absolute Gasteiger partial charge is 0.538 e. The summed E-state index contributed by atoms with van der Waals surface area (Å²) in [7, 11) is -14.8. The summed E-state index contributed by atoms with van der Waals surface area (Å²) < 4.78 is 28.1. The Morgan fingerprint density at radius 1 is 0.361 bits per heavy atom. The zero-order valence-electron chi connectivity index (χ0n) is 18.2. The average Bonchev–Trinajstić information content (AvgIpc) is 2.14. The van der Waals surface area contributed by atoms with E-state index in [-0.39, 0.29) is 154 Å². The van der Waals surface area contributed by atoms with E-state index in [1.54, 1.807) is 0 Å². The van der Waals surface area contributed by atoms with E-state index in [1.165, 1.54) is 0 Å². The predicted molar refractivity (Wildman–Crippen MR) is 95.7 cm³/mol. The van der Waals surface area contributed by atoms with Gasteiger partial charge in [-0.2, -0.15) is 0 Å². The van der Waals surface area contributed by atoms with Gasteiger partial charge in [-0.05, 0) is 0 Å². The Bertz CT molecular complexity index is 456. The normalized spacial score (nSPS) is 6.50. The molecule has 36 heavy (non-hydrogen) atoms. The van der Waals surface area contributed by atoms with Crippen LogP contribution in [0.4, 0.5) is 14.4 Å². The van der Waals surface area contributed by atoms with Crippen LogP contribution >= 0.6 is 22.8 Å². The summed E-state index contributed by atoms with van der Waals surface area (Å²) in [6.07, 6.45) is 0. The van der Waals surface area contributed by atoms with Gasteiger partial charge in [0.25, 0.3) is 0 Å². The van der Waals surface area contributed by atoms with E-state index < -0.39 is 39.9 Å². The predicted octanol–water partition coefficient (Wildman–Crippen LogP) is -23.4. The van der Waals surface area contributed by atoms with Crippen LogP contribution in [0.1, 0.15) is 0 Å². The van der Waals surface area contributed by atoms with Crippen molar-refractivity contribution in [2.45, 2.75) is 0 Å². The minimum Gasteiger partial charge on any atom is -0.538 e. The Morgan fingerprint density at radius 3 is 0.389 bits per heavy atom. The van der Waals surface area contributed by atoms with E-state index in [9.17, 15) is 13.7 Å². The van der Waals surface area contributed by atoms with Gasteiger partial charge in [-0.1, -0.05) is 0 Å². The molecule has 0 heterocycles. The number of hydrogen-bond acceptors (Lipinski definition) is 9. The molecule has 0 atom stereocenters. The second-order valence-electron chi connectivity index (χ2n) is 2.43. The second-order valence-corrected chi connectivity index (χ2v) is 6.79. The van der Waals surface area contributed by atoms with E-state index in [1.807, 2.05) is 0 Å². The molecule has 0 spiro atoms. The number of hydrogen-bond donors (Lipinski definition) is 6. The molecule has 0 aromatic carbocycles. The first-order chi connectivity index (χ1) is 8.83. The summed E-state index contributed by atoms with van der Waals surface area (Å²) in [5.74, 6) is 0. The van der Waals surface area contributed by atoms with Crippen molar-refractivity contribution >= 4 is 39.9 Å². The van der Waals surface area contributed by atoms with Crippen molar-refractivity contribution in [1.82, 2.24) is 0 Å². The number of carboxylic acid groups (broad SMARTS) is 3. The van der Waals surface area contributed by atoms with Gasteiger partial charge in [0.15, 0.2) is 17.1 Å².